The number of aliphatic hydroxyl groups excluding tert-OH is 1. The number of nitrogens with zero attached hydrogens (tertiary/aromatic N) is 2. The SMILES string of the molecule is CC(C)(C)C(=O)OC1[C@@H](CO)O[C@@H](n2ccc(N)nc2=O)C1(F)F. The molecular weight excluding hydrogens is 328 g/mol. The number of ether oxygens (including phenoxy) is 2. The number of carbonyl (C=O) groups is 1. The Bertz CT molecular complexity index is 686. The summed E-state index contributed by atoms with van der Waals surface area (Å²) in [6, 6.07) is 1.16. The molecule has 1 aromatic heterocycles. The van der Waals surface area contributed by atoms with Crippen molar-refractivity contribution in [1.29, 1.82) is 0 Å². The average Bonchev–Trinajstić information content (AvgIpc) is 2.70. The Balaban J connectivity index is 2.37. The molecule has 0 aromatic carbocycles. The first kappa shape index (κ1) is 18.3. The predicted molar refractivity (Wildman–Crippen MR) is 78.2 cm³/mol. The molecule has 3 atom stereocenters. The van der Waals surface area contributed by atoms with Gasteiger partial charge in [-0.15, -0.1) is 0 Å². The molecule has 3 N–H and O–H groups in total. The van der Waals surface area contributed by atoms with Gasteiger partial charge in [0.2, 0.25) is 6.23 Å². The molecule has 134 valence electrons. The van der Waals surface area contributed by atoms with Crippen molar-refractivity contribution in [3.05, 3.63) is 22.7 Å². The van der Waals surface area contributed by atoms with Crippen LogP contribution in [0.2, 0.25) is 0 Å². The van der Waals surface area contributed by atoms with Crippen molar-refractivity contribution < 1.29 is 28.2 Å². The van der Waals surface area contributed by atoms with E-state index in [-0.39, 0.29) is 5.82 Å². The fourth-order valence-electron chi connectivity index (χ4n) is 2.16. The van der Waals surface area contributed by atoms with Gasteiger partial charge in [0.1, 0.15) is 11.9 Å². The average molecular weight is 347 g/mol. The second-order valence-electron chi connectivity index (χ2n) is 6.50. The lowest BCUT2D eigenvalue weighted by Crippen LogP contribution is -2.46. The number of aliphatic hydroxyl groups is 1. The summed E-state index contributed by atoms with van der Waals surface area (Å²) >= 11 is 0. The highest BCUT2D eigenvalue weighted by molar-refractivity contribution is 5.75. The fraction of sp³-hybridized carbons (Fsp3) is 0.643. The van der Waals surface area contributed by atoms with Crippen molar-refractivity contribution in [1.82, 2.24) is 9.55 Å². The lowest BCUT2D eigenvalue weighted by molar-refractivity contribution is -0.184. The zero-order valence-corrected chi connectivity index (χ0v) is 13.4. The van der Waals surface area contributed by atoms with E-state index in [9.17, 15) is 23.5 Å². The topological polar surface area (TPSA) is 117 Å². The Morgan fingerprint density at radius 1 is 1.54 bits per heavy atom. The molecule has 10 heteroatoms. The lowest BCUT2D eigenvalue weighted by atomic mass is 9.97. The van der Waals surface area contributed by atoms with Crippen LogP contribution in [0.3, 0.4) is 0 Å². The maximum absolute atomic E-state index is 14.7. The number of nitrogen functional groups attached to an aromatic ring is 1. The highest BCUT2D eigenvalue weighted by Crippen LogP contribution is 2.44. The molecule has 0 aliphatic carbocycles. The normalized spacial score (nSPS) is 26.3. The molecule has 1 aliphatic rings. The molecule has 1 fully saturated rings. The molecule has 0 radical (unpaired) electrons. The van der Waals surface area contributed by atoms with Gasteiger partial charge in [0.25, 0.3) is 0 Å². The molecule has 0 bridgehead atoms. The van der Waals surface area contributed by atoms with Gasteiger partial charge in [-0.2, -0.15) is 13.8 Å². The third-order valence-corrected chi connectivity index (χ3v) is 3.48. The molecule has 0 spiro atoms. The van der Waals surface area contributed by atoms with Crippen molar-refractivity contribution >= 4 is 11.8 Å². The number of carbonyl (C=O) groups excluding carboxylic acids is 1. The number of alkyl halides is 2. The minimum absolute atomic E-state index is 0.132. The van der Waals surface area contributed by atoms with Gasteiger partial charge in [0, 0.05) is 6.20 Å². The summed E-state index contributed by atoms with van der Waals surface area (Å²) in [6.45, 7) is 3.70. The standard InChI is InChI=1S/C14H19F2N3O5/c1-13(2,3)11(21)24-9-7(6-20)23-10(14(9,15)16)19-5-4-8(17)18-12(19)22/h4-5,7,9-10,20H,6H2,1-3H3,(H2,17,18,22)/t7-,9?,10-/m1/s1. The van der Waals surface area contributed by atoms with Gasteiger partial charge in [-0.25, -0.2) is 4.79 Å². The first-order valence-corrected chi connectivity index (χ1v) is 7.18. The zero-order valence-electron chi connectivity index (χ0n) is 13.4. The van der Waals surface area contributed by atoms with E-state index in [0.717, 1.165) is 12.3 Å². The Kier molecular flexibility index (Phi) is 4.64. The van der Waals surface area contributed by atoms with E-state index in [0.29, 0.717) is 4.57 Å². The van der Waals surface area contributed by atoms with E-state index in [2.05, 4.69) is 4.98 Å². The lowest BCUT2D eigenvalue weighted by Gasteiger charge is -2.26. The van der Waals surface area contributed by atoms with Crippen molar-refractivity contribution in [3.8, 4) is 0 Å². The van der Waals surface area contributed by atoms with Gasteiger partial charge in [0.05, 0.1) is 12.0 Å². The third kappa shape index (κ3) is 3.24. The zero-order chi connectivity index (χ0) is 18.3. The molecule has 24 heavy (non-hydrogen) atoms. The van der Waals surface area contributed by atoms with Crippen LogP contribution in [0, 0.1) is 5.41 Å². The van der Waals surface area contributed by atoms with Crippen molar-refractivity contribution in [2.45, 2.75) is 45.1 Å². The summed E-state index contributed by atoms with van der Waals surface area (Å²) in [5.41, 5.74) is 3.26. The van der Waals surface area contributed by atoms with E-state index >= 15 is 0 Å². The Labute approximate surface area is 136 Å². The minimum atomic E-state index is -3.75. The smallest absolute Gasteiger partial charge is 0.351 e. The highest BCUT2D eigenvalue weighted by Gasteiger charge is 2.62. The Hall–Kier alpha value is -2.07. The second-order valence-corrected chi connectivity index (χ2v) is 6.50. The number of halogens is 2. The maximum atomic E-state index is 14.7. The number of hydrogen-bond acceptors (Lipinski definition) is 7. The van der Waals surface area contributed by atoms with Gasteiger partial charge in [0.15, 0.2) is 6.10 Å². The number of hydrogen-bond donors (Lipinski definition) is 2. The van der Waals surface area contributed by atoms with Crippen LogP contribution < -0.4 is 11.4 Å². The van der Waals surface area contributed by atoms with E-state index in [1.54, 1.807) is 0 Å². The number of esters is 1. The molecule has 1 aliphatic heterocycles. The van der Waals surface area contributed by atoms with Crippen LogP contribution in [0.15, 0.2) is 17.1 Å². The number of nitrogens with two attached hydrogens (primary N) is 1. The second kappa shape index (κ2) is 6.10. The van der Waals surface area contributed by atoms with Gasteiger partial charge in [-0.1, -0.05) is 0 Å². The molecule has 1 aromatic rings. The molecule has 0 amide bonds. The van der Waals surface area contributed by atoms with Crippen LogP contribution in [0.25, 0.3) is 0 Å². The number of rotatable bonds is 3. The van der Waals surface area contributed by atoms with Gasteiger partial charge in [-0.05, 0) is 26.8 Å². The van der Waals surface area contributed by atoms with E-state index in [1.165, 1.54) is 20.8 Å². The van der Waals surface area contributed by atoms with Crippen LogP contribution >= 0.6 is 0 Å². The van der Waals surface area contributed by atoms with E-state index in [1.807, 2.05) is 0 Å². The molecule has 8 nitrogen and oxygen atoms in total. The van der Waals surface area contributed by atoms with Crippen LogP contribution in [-0.4, -0.2) is 45.4 Å². The van der Waals surface area contributed by atoms with Crippen LogP contribution in [0.4, 0.5) is 14.6 Å². The van der Waals surface area contributed by atoms with E-state index in [4.69, 9.17) is 15.2 Å². The van der Waals surface area contributed by atoms with Crippen LogP contribution in [-0.2, 0) is 14.3 Å². The van der Waals surface area contributed by atoms with Crippen molar-refractivity contribution in [2.75, 3.05) is 12.3 Å². The minimum Gasteiger partial charge on any atom is -0.452 e. The van der Waals surface area contributed by atoms with Crippen molar-refractivity contribution in [2.24, 2.45) is 5.41 Å². The largest absolute Gasteiger partial charge is 0.452 e. The summed E-state index contributed by atoms with van der Waals surface area (Å²) in [4.78, 5) is 27.1. The summed E-state index contributed by atoms with van der Waals surface area (Å²) in [6.07, 6.45) is -4.59. The number of anilines is 1. The van der Waals surface area contributed by atoms with Gasteiger partial charge < -0.3 is 20.3 Å². The first-order chi connectivity index (χ1) is 11.0. The number of aromatic nitrogens is 2. The molecule has 2 rings (SSSR count). The summed E-state index contributed by atoms with van der Waals surface area (Å²) in [5.74, 6) is -4.76. The molecule has 1 unspecified atom stereocenters. The molecule has 2 heterocycles. The van der Waals surface area contributed by atoms with Crippen LogP contribution in [0.1, 0.15) is 27.0 Å². The first-order valence-electron chi connectivity index (χ1n) is 7.18. The Morgan fingerprint density at radius 2 is 2.17 bits per heavy atom. The van der Waals surface area contributed by atoms with Crippen LogP contribution in [0.5, 0.6) is 0 Å². The molecule has 0 saturated carbocycles. The predicted octanol–water partition coefficient (Wildman–Crippen LogP) is 0.308. The molecular formula is C14H19F2N3O5. The monoisotopic (exact) mass is 347 g/mol. The Morgan fingerprint density at radius 3 is 2.67 bits per heavy atom. The molecule has 1 saturated heterocycles. The van der Waals surface area contributed by atoms with E-state index < -0.39 is 48.0 Å². The maximum Gasteiger partial charge on any atom is 0.351 e. The summed E-state index contributed by atoms with van der Waals surface area (Å²) in [7, 11) is 0. The quantitative estimate of drug-likeness (QED) is 0.756. The fourth-order valence-corrected chi connectivity index (χ4v) is 2.16. The summed E-state index contributed by atoms with van der Waals surface area (Å²) in [5, 5.41) is 9.29. The summed E-state index contributed by atoms with van der Waals surface area (Å²) < 4.78 is 39.9. The van der Waals surface area contributed by atoms with Gasteiger partial charge in [-0.3, -0.25) is 9.36 Å². The van der Waals surface area contributed by atoms with Gasteiger partial charge >= 0.3 is 17.6 Å². The third-order valence-electron chi connectivity index (χ3n) is 3.48. The van der Waals surface area contributed by atoms with Crippen molar-refractivity contribution in [3.63, 3.8) is 0 Å². The highest BCUT2D eigenvalue weighted by atomic mass is 19.3.